The van der Waals surface area contributed by atoms with E-state index in [2.05, 4.69) is 13.2 Å². The van der Waals surface area contributed by atoms with Gasteiger partial charge in [-0.1, -0.05) is 24.3 Å². The van der Waals surface area contributed by atoms with Crippen molar-refractivity contribution < 1.29 is 19.7 Å². The highest BCUT2D eigenvalue weighted by Gasteiger charge is 2.27. The summed E-state index contributed by atoms with van der Waals surface area (Å²) < 4.78 is 10.9. The van der Waals surface area contributed by atoms with Gasteiger partial charge in [-0.3, -0.25) is 0 Å². The molecule has 0 saturated carbocycles. The molecule has 0 saturated heterocycles. The number of aliphatic hydroxyl groups excluding tert-OH is 2. The van der Waals surface area contributed by atoms with Crippen molar-refractivity contribution in [3.8, 4) is 0 Å². The van der Waals surface area contributed by atoms with Gasteiger partial charge in [0.2, 0.25) is 0 Å². The highest BCUT2D eigenvalue weighted by Crippen LogP contribution is 2.11. The smallest absolute Gasteiger partial charge is 0.112 e. The van der Waals surface area contributed by atoms with Gasteiger partial charge in [0.25, 0.3) is 0 Å². The van der Waals surface area contributed by atoms with Crippen LogP contribution in [0.1, 0.15) is 20.8 Å². The summed E-state index contributed by atoms with van der Waals surface area (Å²) in [5.74, 6) is 0. The lowest BCUT2D eigenvalue weighted by Gasteiger charge is -2.28. The summed E-state index contributed by atoms with van der Waals surface area (Å²) in [6, 6.07) is 0. The van der Waals surface area contributed by atoms with Gasteiger partial charge in [-0.2, -0.15) is 0 Å². The molecule has 100 valence electrons. The van der Waals surface area contributed by atoms with Gasteiger partial charge in [-0.15, -0.1) is 0 Å². The standard InChI is InChI=1S/C13H24O4/c1-9(2)7-16-12(6-14)13(11(5)15)17-8-10(3)4/h11-15H,1,3,6-8H2,2,4-5H3/t11-,12-,13-/m0/s1. The highest BCUT2D eigenvalue weighted by atomic mass is 16.6. The van der Waals surface area contributed by atoms with Gasteiger partial charge in [0.1, 0.15) is 12.2 Å². The summed E-state index contributed by atoms with van der Waals surface area (Å²) in [5.41, 5.74) is 1.71. The monoisotopic (exact) mass is 244 g/mol. The van der Waals surface area contributed by atoms with E-state index in [1.165, 1.54) is 0 Å². The van der Waals surface area contributed by atoms with Gasteiger partial charge in [0.15, 0.2) is 0 Å². The van der Waals surface area contributed by atoms with Crippen LogP contribution >= 0.6 is 0 Å². The van der Waals surface area contributed by atoms with Crippen LogP contribution in [0.2, 0.25) is 0 Å². The molecule has 2 N–H and O–H groups in total. The fraction of sp³-hybridized carbons (Fsp3) is 0.692. The van der Waals surface area contributed by atoms with Gasteiger partial charge in [-0.05, 0) is 20.8 Å². The van der Waals surface area contributed by atoms with E-state index in [-0.39, 0.29) is 6.61 Å². The maximum atomic E-state index is 9.62. The Morgan fingerprint density at radius 1 is 1.12 bits per heavy atom. The van der Waals surface area contributed by atoms with E-state index in [0.717, 1.165) is 11.1 Å². The molecule has 0 amide bonds. The molecule has 0 rings (SSSR count). The van der Waals surface area contributed by atoms with Gasteiger partial charge in [0, 0.05) is 0 Å². The summed E-state index contributed by atoms with van der Waals surface area (Å²) in [6.07, 6.45) is -1.86. The first-order chi connectivity index (χ1) is 7.88. The Morgan fingerprint density at radius 2 is 1.59 bits per heavy atom. The number of aliphatic hydroxyl groups is 2. The van der Waals surface area contributed by atoms with Crippen molar-refractivity contribution in [2.24, 2.45) is 0 Å². The highest BCUT2D eigenvalue weighted by molar-refractivity contribution is 4.91. The number of hydrogen-bond acceptors (Lipinski definition) is 4. The molecule has 0 aliphatic rings. The van der Waals surface area contributed by atoms with Crippen LogP contribution in [-0.4, -0.2) is 48.3 Å². The summed E-state index contributed by atoms with van der Waals surface area (Å²) in [5, 5.41) is 18.9. The van der Waals surface area contributed by atoms with Crippen molar-refractivity contribution in [1.29, 1.82) is 0 Å². The third-order valence-electron chi connectivity index (χ3n) is 2.09. The quantitative estimate of drug-likeness (QED) is 0.600. The van der Waals surface area contributed by atoms with E-state index in [0.29, 0.717) is 13.2 Å². The minimum absolute atomic E-state index is 0.209. The van der Waals surface area contributed by atoms with Crippen LogP contribution < -0.4 is 0 Å². The number of hydrogen-bond donors (Lipinski definition) is 2. The minimum Gasteiger partial charge on any atom is -0.394 e. The van der Waals surface area contributed by atoms with Crippen molar-refractivity contribution in [2.75, 3.05) is 19.8 Å². The largest absolute Gasteiger partial charge is 0.394 e. The molecular formula is C13H24O4. The van der Waals surface area contributed by atoms with Gasteiger partial charge < -0.3 is 19.7 Å². The van der Waals surface area contributed by atoms with E-state index < -0.39 is 18.3 Å². The lowest BCUT2D eigenvalue weighted by atomic mass is 10.1. The zero-order valence-electron chi connectivity index (χ0n) is 11.0. The van der Waals surface area contributed by atoms with Gasteiger partial charge in [-0.25, -0.2) is 0 Å². The summed E-state index contributed by atoms with van der Waals surface area (Å²) >= 11 is 0. The van der Waals surface area contributed by atoms with Crippen LogP contribution in [0.5, 0.6) is 0 Å². The van der Waals surface area contributed by atoms with Crippen molar-refractivity contribution in [1.82, 2.24) is 0 Å². The molecule has 0 aromatic heterocycles. The Balaban J connectivity index is 4.40. The summed E-state index contributed by atoms with van der Waals surface area (Å²) in [7, 11) is 0. The average Bonchev–Trinajstić information content (AvgIpc) is 2.21. The Kier molecular flexibility index (Phi) is 8.08. The zero-order valence-corrected chi connectivity index (χ0v) is 11.0. The molecule has 0 heterocycles. The second-order valence-corrected chi connectivity index (χ2v) is 4.46. The predicted molar refractivity (Wildman–Crippen MR) is 67.9 cm³/mol. The molecule has 0 aliphatic carbocycles. The van der Waals surface area contributed by atoms with Crippen molar-refractivity contribution >= 4 is 0 Å². The van der Waals surface area contributed by atoms with E-state index in [4.69, 9.17) is 9.47 Å². The average molecular weight is 244 g/mol. The van der Waals surface area contributed by atoms with E-state index in [1.54, 1.807) is 6.92 Å². The molecule has 0 bridgehead atoms. The molecule has 4 nitrogen and oxygen atoms in total. The molecule has 4 heteroatoms. The maximum absolute atomic E-state index is 9.62. The molecule has 3 atom stereocenters. The van der Waals surface area contributed by atoms with Gasteiger partial charge >= 0.3 is 0 Å². The third-order valence-corrected chi connectivity index (χ3v) is 2.09. The summed E-state index contributed by atoms with van der Waals surface area (Å²) in [6.45, 7) is 13.2. The normalized spacial score (nSPS) is 16.3. The Morgan fingerprint density at radius 3 is 1.94 bits per heavy atom. The topological polar surface area (TPSA) is 58.9 Å². The molecule has 0 fully saturated rings. The summed E-state index contributed by atoms with van der Waals surface area (Å²) in [4.78, 5) is 0. The fourth-order valence-corrected chi connectivity index (χ4v) is 1.30. The molecule has 0 aliphatic heterocycles. The van der Waals surface area contributed by atoms with Gasteiger partial charge in [0.05, 0.1) is 25.9 Å². The Labute approximate surface area is 104 Å². The molecule has 0 spiro atoms. The SMILES string of the molecule is C=C(C)CO[C@@H]([C@H](C)O)[C@H](CO)OCC(=C)C. The van der Waals surface area contributed by atoms with Crippen molar-refractivity contribution in [2.45, 2.75) is 39.1 Å². The lowest BCUT2D eigenvalue weighted by Crippen LogP contribution is -2.42. The van der Waals surface area contributed by atoms with Crippen LogP contribution in [0.3, 0.4) is 0 Å². The third kappa shape index (κ3) is 7.28. The van der Waals surface area contributed by atoms with E-state index in [9.17, 15) is 10.2 Å². The second kappa shape index (κ2) is 8.42. The van der Waals surface area contributed by atoms with Crippen LogP contribution in [-0.2, 0) is 9.47 Å². The van der Waals surface area contributed by atoms with Crippen LogP contribution in [0, 0.1) is 0 Å². The first-order valence-electron chi connectivity index (χ1n) is 5.69. The molecular weight excluding hydrogens is 220 g/mol. The minimum atomic E-state index is -0.725. The second-order valence-electron chi connectivity index (χ2n) is 4.46. The maximum Gasteiger partial charge on any atom is 0.112 e. The van der Waals surface area contributed by atoms with Crippen molar-refractivity contribution in [3.05, 3.63) is 24.3 Å². The number of ether oxygens (including phenoxy) is 2. The Bertz CT molecular complexity index is 248. The zero-order chi connectivity index (χ0) is 13.4. The van der Waals surface area contributed by atoms with E-state index in [1.807, 2.05) is 13.8 Å². The molecule has 17 heavy (non-hydrogen) atoms. The first kappa shape index (κ1) is 16.3. The lowest BCUT2D eigenvalue weighted by molar-refractivity contribution is -0.122. The first-order valence-corrected chi connectivity index (χ1v) is 5.69. The van der Waals surface area contributed by atoms with E-state index >= 15 is 0 Å². The fourth-order valence-electron chi connectivity index (χ4n) is 1.30. The Hall–Kier alpha value is -0.680. The molecule has 0 radical (unpaired) electrons. The van der Waals surface area contributed by atoms with Crippen LogP contribution in [0.4, 0.5) is 0 Å². The predicted octanol–water partition coefficient (Wildman–Crippen LogP) is 1.28. The van der Waals surface area contributed by atoms with Crippen molar-refractivity contribution in [3.63, 3.8) is 0 Å². The van der Waals surface area contributed by atoms with Crippen LogP contribution in [0.15, 0.2) is 24.3 Å². The number of rotatable bonds is 9. The molecule has 0 aromatic rings. The molecule has 0 unspecified atom stereocenters. The molecule has 0 aromatic carbocycles. The van der Waals surface area contributed by atoms with Crippen LogP contribution in [0.25, 0.3) is 0 Å².